The summed E-state index contributed by atoms with van der Waals surface area (Å²) in [7, 11) is 0. The van der Waals surface area contributed by atoms with Gasteiger partial charge >= 0.3 is 0 Å². The lowest BCUT2D eigenvalue weighted by atomic mass is 10.1. The van der Waals surface area contributed by atoms with Crippen LogP contribution in [-0.2, 0) is 0 Å². The molecule has 1 saturated heterocycles. The highest BCUT2D eigenvalue weighted by atomic mass is 16.5. The van der Waals surface area contributed by atoms with Crippen LogP contribution >= 0.6 is 0 Å². The second-order valence-corrected chi connectivity index (χ2v) is 5.45. The summed E-state index contributed by atoms with van der Waals surface area (Å²) in [6.45, 7) is 2.15. The van der Waals surface area contributed by atoms with Crippen molar-refractivity contribution in [3.05, 3.63) is 54.4 Å². The zero-order valence-corrected chi connectivity index (χ0v) is 12.3. The zero-order valence-electron chi connectivity index (χ0n) is 12.3. The Kier molecular flexibility index (Phi) is 4.34. The summed E-state index contributed by atoms with van der Waals surface area (Å²) in [4.78, 5) is 18.3. The van der Waals surface area contributed by atoms with E-state index in [1.807, 2.05) is 23.1 Å². The molecule has 2 N–H and O–H groups in total. The van der Waals surface area contributed by atoms with Gasteiger partial charge in [0, 0.05) is 31.0 Å². The van der Waals surface area contributed by atoms with Gasteiger partial charge in [-0.05, 0) is 49.2 Å². The van der Waals surface area contributed by atoms with E-state index in [0.717, 1.165) is 19.5 Å². The fraction of sp³-hybridized carbons (Fsp3) is 0.294. The molecule has 5 heteroatoms. The summed E-state index contributed by atoms with van der Waals surface area (Å²) in [5, 5.41) is 0. The van der Waals surface area contributed by atoms with Gasteiger partial charge in [-0.15, -0.1) is 0 Å². The van der Waals surface area contributed by atoms with Gasteiger partial charge in [-0.3, -0.25) is 9.78 Å². The number of rotatable bonds is 4. The summed E-state index contributed by atoms with van der Waals surface area (Å²) in [5.74, 6) is 1.80. The highest BCUT2D eigenvalue weighted by Crippen LogP contribution is 2.23. The van der Waals surface area contributed by atoms with Crippen molar-refractivity contribution in [3.63, 3.8) is 0 Å². The minimum absolute atomic E-state index is 0.0381. The molecule has 2 aromatic rings. The number of pyridine rings is 1. The third kappa shape index (κ3) is 3.26. The van der Waals surface area contributed by atoms with Crippen molar-refractivity contribution in [1.29, 1.82) is 0 Å². The molecule has 1 unspecified atom stereocenters. The molecule has 0 saturated carbocycles. The van der Waals surface area contributed by atoms with Gasteiger partial charge in [0.2, 0.25) is 0 Å². The maximum atomic E-state index is 12.5. The number of aromatic nitrogens is 1. The minimum atomic E-state index is 0.0381. The van der Waals surface area contributed by atoms with Crippen LogP contribution in [0.25, 0.3) is 0 Å². The Morgan fingerprint density at radius 1 is 1.27 bits per heavy atom. The highest BCUT2D eigenvalue weighted by Gasteiger charge is 2.26. The van der Waals surface area contributed by atoms with Crippen LogP contribution in [0.15, 0.2) is 48.8 Å². The third-order valence-electron chi connectivity index (χ3n) is 3.87. The maximum absolute atomic E-state index is 12.5. The van der Waals surface area contributed by atoms with Crippen molar-refractivity contribution in [3.8, 4) is 11.5 Å². The van der Waals surface area contributed by atoms with Crippen LogP contribution in [0.2, 0.25) is 0 Å². The van der Waals surface area contributed by atoms with E-state index in [1.165, 1.54) is 0 Å². The second-order valence-electron chi connectivity index (χ2n) is 5.45. The molecule has 1 aromatic heterocycles. The SMILES string of the molecule is NCC1CCN(C(=O)c2cccc(Oc3ccncc3)c2)C1. The number of carbonyl (C=O) groups is 1. The number of hydrogen-bond donors (Lipinski definition) is 1. The van der Waals surface area contributed by atoms with Crippen LogP contribution in [-0.4, -0.2) is 35.4 Å². The predicted octanol–water partition coefficient (Wildman–Crippen LogP) is 2.29. The molecule has 1 aliphatic rings. The lowest BCUT2D eigenvalue weighted by molar-refractivity contribution is 0.0787. The van der Waals surface area contributed by atoms with E-state index in [0.29, 0.717) is 29.5 Å². The van der Waals surface area contributed by atoms with E-state index in [9.17, 15) is 4.79 Å². The minimum Gasteiger partial charge on any atom is -0.457 e. The number of benzene rings is 1. The number of ether oxygens (including phenoxy) is 1. The Balaban J connectivity index is 1.72. The molecule has 0 bridgehead atoms. The first-order valence-corrected chi connectivity index (χ1v) is 7.43. The Labute approximate surface area is 129 Å². The van der Waals surface area contributed by atoms with Crippen molar-refractivity contribution in [1.82, 2.24) is 9.88 Å². The molecule has 2 heterocycles. The monoisotopic (exact) mass is 297 g/mol. The van der Waals surface area contributed by atoms with Crippen molar-refractivity contribution < 1.29 is 9.53 Å². The first kappa shape index (κ1) is 14.5. The fourth-order valence-electron chi connectivity index (χ4n) is 2.63. The quantitative estimate of drug-likeness (QED) is 0.940. The smallest absolute Gasteiger partial charge is 0.253 e. The average molecular weight is 297 g/mol. The molecule has 1 fully saturated rings. The molecule has 1 aromatic carbocycles. The fourth-order valence-corrected chi connectivity index (χ4v) is 2.63. The van der Waals surface area contributed by atoms with Gasteiger partial charge in [-0.1, -0.05) is 6.07 Å². The second kappa shape index (κ2) is 6.58. The molecule has 1 amide bonds. The first-order chi connectivity index (χ1) is 10.8. The summed E-state index contributed by atoms with van der Waals surface area (Å²) >= 11 is 0. The molecule has 1 atom stereocenters. The van der Waals surface area contributed by atoms with Crippen LogP contribution in [0.5, 0.6) is 11.5 Å². The Morgan fingerprint density at radius 2 is 2.09 bits per heavy atom. The average Bonchev–Trinajstić information content (AvgIpc) is 3.04. The van der Waals surface area contributed by atoms with Crippen LogP contribution in [0, 0.1) is 5.92 Å². The largest absolute Gasteiger partial charge is 0.457 e. The molecule has 3 rings (SSSR count). The molecule has 0 aliphatic carbocycles. The van der Waals surface area contributed by atoms with Crippen molar-refractivity contribution in [2.24, 2.45) is 11.7 Å². The number of amides is 1. The summed E-state index contributed by atoms with van der Waals surface area (Å²) in [6, 6.07) is 10.8. The van der Waals surface area contributed by atoms with E-state index in [4.69, 9.17) is 10.5 Å². The summed E-state index contributed by atoms with van der Waals surface area (Å²) < 4.78 is 5.74. The Bertz CT molecular complexity index is 645. The number of nitrogens with two attached hydrogens (primary N) is 1. The standard InChI is InChI=1S/C17H19N3O2/c18-11-13-6-9-20(12-13)17(21)14-2-1-3-16(10-14)22-15-4-7-19-8-5-15/h1-5,7-8,10,13H,6,9,11-12,18H2. The highest BCUT2D eigenvalue weighted by molar-refractivity contribution is 5.94. The van der Waals surface area contributed by atoms with Crippen molar-refractivity contribution in [2.45, 2.75) is 6.42 Å². The van der Waals surface area contributed by atoms with Gasteiger partial charge in [0.1, 0.15) is 11.5 Å². The Morgan fingerprint density at radius 3 is 2.82 bits per heavy atom. The lowest BCUT2D eigenvalue weighted by Crippen LogP contribution is -2.29. The lowest BCUT2D eigenvalue weighted by Gasteiger charge is -2.16. The summed E-state index contributed by atoms with van der Waals surface area (Å²) in [5.41, 5.74) is 6.32. The van der Waals surface area contributed by atoms with E-state index < -0.39 is 0 Å². The number of likely N-dealkylation sites (tertiary alicyclic amines) is 1. The van der Waals surface area contributed by atoms with Crippen LogP contribution < -0.4 is 10.5 Å². The van der Waals surface area contributed by atoms with E-state index in [1.54, 1.807) is 30.6 Å². The van der Waals surface area contributed by atoms with Crippen LogP contribution in [0.3, 0.4) is 0 Å². The van der Waals surface area contributed by atoms with Gasteiger partial charge in [0.15, 0.2) is 0 Å². The summed E-state index contributed by atoms with van der Waals surface area (Å²) in [6.07, 6.45) is 4.32. The topological polar surface area (TPSA) is 68.5 Å². The van der Waals surface area contributed by atoms with Gasteiger partial charge in [0.05, 0.1) is 0 Å². The molecular formula is C17H19N3O2. The van der Waals surface area contributed by atoms with E-state index in [-0.39, 0.29) is 5.91 Å². The molecule has 1 aliphatic heterocycles. The van der Waals surface area contributed by atoms with Gasteiger partial charge in [0.25, 0.3) is 5.91 Å². The molecule has 5 nitrogen and oxygen atoms in total. The van der Waals surface area contributed by atoms with Gasteiger partial charge in [-0.2, -0.15) is 0 Å². The normalized spacial score (nSPS) is 17.5. The molecule has 0 spiro atoms. The molecule has 0 radical (unpaired) electrons. The number of carbonyl (C=O) groups excluding carboxylic acids is 1. The van der Waals surface area contributed by atoms with E-state index >= 15 is 0 Å². The number of hydrogen-bond acceptors (Lipinski definition) is 4. The van der Waals surface area contributed by atoms with Crippen molar-refractivity contribution in [2.75, 3.05) is 19.6 Å². The predicted molar refractivity (Wildman–Crippen MR) is 83.8 cm³/mol. The van der Waals surface area contributed by atoms with Crippen LogP contribution in [0.1, 0.15) is 16.8 Å². The maximum Gasteiger partial charge on any atom is 0.253 e. The van der Waals surface area contributed by atoms with E-state index in [2.05, 4.69) is 4.98 Å². The third-order valence-corrected chi connectivity index (χ3v) is 3.87. The number of nitrogens with zero attached hydrogens (tertiary/aromatic N) is 2. The molecular weight excluding hydrogens is 278 g/mol. The first-order valence-electron chi connectivity index (χ1n) is 7.43. The van der Waals surface area contributed by atoms with Gasteiger partial charge < -0.3 is 15.4 Å². The Hall–Kier alpha value is -2.40. The zero-order chi connectivity index (χ0) is 15.4. The molecule has 22 heavy (non-hydrogen) atoms. The van der Waals surface area contributed by atoms with Gasteiger partial charge in [-0.25, -0.2) is 0 Å². The van der Waals surface area contributed by atoms with Crippen molar-refractivity contribution >= 4 is 5.91 Å². The molecule has 114 valence electrons. The van der Waals surface area contributed by atoms with Crippen LogP contribution in [0.4, 0.5) is 0 Å².